The Morgan fingerprint density at radius 2 is 1.71 bits per heavy atom. The zero-order chi connectivity index (χ0) is 26.6. The second-order valence-electron chi connectivity index (χ2n) is 8.75. The zero-order valence-electron chi connectivity index (χ0n) is 21.0. The van der Waals surface area contributed by atoms with E-state index in [1.165, 1.54) is 29.2 Å². The number of aliphatic hydroxyl groups excluding tert-OH is 1. The van der Waals surface area contributed by atoms with Crippen LogP contribution in [0.3, 0.4) is 0 Å². The number of esters is 1. The monoisotopic (exact) mass is 495 g/mol. The standard InChI is InChI=1S/C24H37N3O8/c1-6-14-27(22(32)18(15-28)26-23(33)35-24(3,4)5)20(16-8-10-17(29)11-9-16)21(31)25-13-12-19(30)34-7-2/h8-11,18,20,28-29H,6-7,12-15H2,1-5H3,(H,25,31)(H,26,33). The summed E-state index contributed by atoms with van der Waals surface area (Å²) in [6.45, 7) is 8.08. The van der Waals surface area contributed by atoms with Gasteiger partial charge in [-0.3, -0.25) is 14.4 Å². The van der Waals surface area contributed by atoms with Crippen LogP contribution in [0.4, 0.5) is 4.79 Å². The van der Waals surface area contributed by atoms with Gasteiger partial charge in [-0.15, -0.1) is 0 Å². The molecule has 0 aromatic heterocycles. The quantitative estimate of drug-likeness (QED) is 0.319. The highest BCUT2D eigenvalue weighted by Gasteiger charge is 2.35. The van der Waals surface area contributed by atoms with Crippen LogP contribution in [0.1, 0.15) is 59.1 Å². The number of hydrogen-bond acceptors (Lipinski definition) is 8. The van der Waals surface area contributed by atoms with Crippen LogP contribution in [-0.4, -0.2) is 76.9 Å². The maximum absolute atomic E-state index is 13.4. The summed E-state index contributed by atoms with van der Waals surface area (Å²) in [5, 5.41) is 24.5. The number of hydrogen-bond donors (Lipinski definition) is 4. The number of rotatable bonds is 12. The minimum atomic E-state index is -1.36. The number of carbonyl (C=O) groups is 4. The predicted molar refractivity (Wildman–Crippen MR) is 127 cm³/mol. The lowest BCUT2D eigenvalue weighted by atomic mass is 10.0. The largest absolute Gasteiger partial charge is 0.508 e. The first kappa shape index (κ1) is 29.7. The molecule has 196 valence electrons. The number of aromatic hydroxyl groups is 1. The lowest BCUT2D eigenvalue weighted by Crippen LogP contribution is -2.54. The van der Waals surface area contributed by atoms with Crippen molar-refractivity contribution < 1.29 is 38.9 Å². The fourth-order valence-corrected chi connectivity index (χ4v) is 3.19. The molecular formula is C24H37N3O8. The van der Waals surface area contributed by atoms with Crippen LogP contribution in [-0.2, 0) is 23.9 Å². The number of nitrogens with zero attached hydrogens (tertiary/aromatic N) is 1. The van der Waals surface area contributed by atoms with Crippen molar-refractivity contribution in [1.82, 2.24) is 15.5 Å². The molecule has 0 radical (unpaired) electrons. The van der Waals surface area contributed by atoms with Crippen LogP contribution >= 0.6 is 0 Å². The number of carbonyl (C=O) groups excluding carboxylic acids is 4. The molecule has 0 saturated carbocycles. The summed E-state index contributed by atoms with van der Waals surface area (Å²) in [6.07, 6.45) is -0.467. The van der Waals surface area contributed by atoms with Gasteiger partial charge in [-0.05, 0) is 51.8 Å². The summed E-state index contributed by atoms with van der Waals surface area (Å²) in [6, 6.07) is 3.24. The smallest absolute Gasteiger partial charge is 0.408 e. The van der Waals surface area contributed by atoms with E-state index in [0.29, 0.717) is 12.0 Å². The Morgan fingerprint density at radius 3 is 2.23 bits per heavy atom. The second-order valence-corrected chi connectivity index (χ2v) is 8.75. The molecule has 0 saturated heterocycles. The molecule has 3 amide bonds. The molecule has 0 aliphatic heterocycles. The van der Waals surface area contributed by atoms with Crippen LogP contribution < -0.4 is 10.6 Å². The third-order valence-electron chi connectivity index (χ3n) is 4.62. The van der Waals surface area contributed by atoms with Crippen LogP contribution in [0, 0.1) is 0 Å². The number of ether oxygens (including phenoxy) is 2. The lowest BCUT2D eigenvalue weighted by molar-refractivity contribution is -0.144. The van der Waals surface area contributed by atoms with E-state index in [1.54, 1.807) is 27.7 Å². The molecule has 0 spiro atoms. The highest BCUT2D eigenvalue weighted by atomic mass is 16.6. The number of amides is 3. The van der Waals surface area contributed by atoms with E-state index in [-0.39, 0.29) is 31.9 Å². The molecule has 0 fully saturated rings. The van der Waals surface area contributed by atoms with E-state index in [1.807, 2.05) is 6.92 Å². The summed E-state index contributed by atoms with van der Waals surface area (Å²) in [4.78, 5) is 51.7. The van der Waals surface area contributed by atoms with Crippen molar-refractivity contribution in [2.24, 2.45) is 0 Å². The molecule has 2 unspecified atom stereocenters. The van der Waals surface area contributed by atoms with Gasteiger partial charge >= 0.3 is 12.1 Å². The van der Waals surface area contributed by atoms with Gasteiger partial charge in [-0.2, -0.15) is 0 Å². The number of phenols is 1. The topological polar surface area (TPSA) is 154 Å². The summed E-state index contributed by atoms with van der Waals surface area (Å²) in [7, 11) is 0. The molecule has 2 atom stereocenters. The van der Waals surface area contributed by atoms with Gasteiger partial charge in [0.25, 0.3) is 0 Å². The number of aliphatic hydroxyl groups is 1. The van der Waals surface area contributed by atoms with Gasteiger partial charge in [0.15, 0.2) is 0 Å². The van der Waals surface area contributed by atoms with Crippen molar-refractivity contribution in [2.75, 3.05) is 26.3 Å². The summed E-state index contributed by atoms with van der Waals surface area (Å²) in [5.41, 5.74) is -0.420. The molecule has 4 N–H and O–H groups in total. The SMILES string of the molecule is CCCN(C(=O)C(CO)NC(=O)OC(C)(C)C)C(C(=O)NCCC(=O)OCC)c1ccc(O)cc1. The summed E-state index contributed by atoms with van der Waals surface area (Å²) in [5.74, 6) is -1.77. The first-order valence-corrected chi connectivity index (χ1v) is 11.6. The number of nitrogens with one attached hydrogen (secondary N) is 2. The third-order valence-corrected chi connectivity index (χ3v) is 4.62. The van der Waals surface area contributed by atoms with Gasteiger partial charge in [0.2, 0.25) is 11.8 Å². The van der Waals surface area contributed by atoms with Crippen LogP contribution in [0.25, 0.3) is 0 Å². The second kappa shape index (κ2) is 14.1. The van der Waals surface area contributed by atoms with E-state index in [0.717, 1.165) is 0 Å². The normalized spacial score (nSPS) is 12.7. The molecule has 0 heterocycles. The van der Waals surface area contributed by atoms with Gasteiger partial charge in [0.1, 0.15) is 23.4 Å². The molecule has 1 aromatic carbocycles. The molecule has 35 heavy (non-hydrogen) atoms. The molecule has 0 aliphatic carbocycles. The molecule has 11 nitrogen and oxygen atoms in total. The molecule has 0 bridgehead atoms. The molecule has 1 aromatic rings. The Hall–Kier alpha value is -3.34. The van der Waals surface area contributed by atoms with Gasteiger partial charge in [-0.25, -0.2) is 4.79 Å². The average molecular weight is 496 g/mol. The van der Waals surface area contributed by atoms with Gasteiger partial charge in [0, 0.05) is 13.1 Å². The van der Waals surface area contributed by atoms with Crippen molar-refractivity contribution in [2.45, 2.75) is 65.1 Å². The van der Waals surface area contributed by atoms with Gasteiger partial charge in [0.05, 0.1) is 19.6 Å². The maximum Gasteiger partial charge on any atom is 0.408 e. The average Bonchev–Trinajstić information content (AvgIpc) is 2.77. The Bertz CT molecular complexity index is 851. The highest BCUT2D eigenvalue weighted by Crippen LogP contribution is 2.25. The van der Waals surface area contributed by atoms with Crippen LogP contribution in [0.5, 0.6) is 5.75 Å². The van der Waals surface area contributed by atoms with Crippen molar-refractivity contribution in [3.05, 3.63) is 29.8 Å². The number of phenolic OH excluding ortho intramolecular Hbond substituents is 1. The van der Waals surface area contributed by atoms with E-state index in [4.69, 9.17) is 9.47 Å². The first-order chi connectivity index (χ1) is 16.4. The third kappa shape index (κ3) is 10.2. The molecular weight excluding hydrogens is 458 g/mol. The van der Waals surface area contributed by atoms with Crippen LogP contribution in [0.15, 0.2) is 24.3 Å². The van der Waals surface area contributed by atoms with Crippen molar-refractivity contribution >= 4 is 23.9 Å². The maximum atomic E-state index is 13.4. The molecule has 0 aliphatic rings. The number of alkyl carbamates (subject to hydrolysis) is 1. The highest BCUT2D eigenvalue weighted by molar-refractivity contribution is 5.92. The van der Waals surface area contributed by atoms with E-state index in [9.17, 15) is 29.4 Å². The molecule has 11 heteroatoms. The fourth-order valence-electron chi connectivity index (χ4n) is 3.19. The summed E-state index contributed by atoms with van der Waals surface area (Å²) < 4.78 is 10.0. The first-order valence-electron chi connectivity index (χ1n) is 11.6. The van der Waals surface area contributed by atoms with Crippen LogP contribution in [0.2, 0.25) is 0 Å². The zero-order valence-corrected chi connectivity index (χ0v) is 21.0. The van der Waals surface area contributed by atoms with Gasteiger partial charge < -0.3 is 35.2 Å². The van der Waals surface area contributed by atoms with Crippen molar-refractivity contribution in [3.8, 4) is 5.75 Å². The Balaban J connectivity index is 3.21. The summed E-state index contributed by atoms with van der Waals surface area (Å²) >= 11 is 0. The van der Waals surface area contributed by atoms with E-state index >= 15 is 0 Å². The fraction of sp³-hybridized carbons (Fsp3) is 0.583. The Labute approximate surface area is 205 Å². The minimum absolute atomic E-state index is 0.0139. The lowest BCUT2D eigenvalue weighted by Gasteiger charge is -2.34. The minimum Gasteiger partial charge on any atom is -0.508 e. The van der Waals surface area contributed by atoms with Crippen molar-refractivity contribution in [1.29, 1.82) is 0 Å². The molecule has 1 rings (SSSR count). The Kier molecular flexibility index (Phi) is 12.0. The predicted octanol–water partition coefficient (Wildman–Crippen LogP) is 1.63. The van der Waals surface area contributed by atoms with E-state index < -0.39 is 48.2 Å². The van der Waals surface area contributed by atoms with Gasteiger partial charge in [-0.1, -0.05) is 19.1 Å². The Morgan fingerprint density at radius 1 is 1.09 bits per heavy atom. The number of benzene rings is 1. The van der Waals surface area contributed by atoms with E-state index in [2.05, 4.69) is 10.6 Å². The van der Waals surface area contributed by atoms with Crippen molar-refractivity contribution in [3.63, 3.8) is 0 Å².